The molecule has 0 saturated heterocycles. The minimum atomic E-state index is -3.81. The third kappa shape index (κ3) is 1.85. The van der Waals surface area contributed by atoms with Crippen LogP contribution in [0.15, 0.2) is 18.3 Å². The van der Waals surface area contributed by atoms with E-state index in [1.165, 1.54) is 18.3 Å². The highest BCUT2D eigenvalue weighted by Crippen LogP contribution is 2.64. The third-order valence-corrected chi connectivity index (χ3v) is 7.53. The third-order valence-electron chi connectivity index (χ3n) is 5.74. The van der Waals surface area contributed by atoms with Crippen LogP contribution in [0, 0.1) is 16.7 Å². The van der Waals surface area contributed by atoms with Gasteiger partial charge >= 0.3 is 0 Å². The van der Waals surface area contributed by atoms with Gasteiger partial charge in [0.1, 0.15) is 5.78 Å². The van der Waals surface area contributed by atoms with Gasteiger partial charge in [-0.15, -0.1) is 0 Å². The fourth-order valence-corrected chi connectivity index (χ4v) is 6.35. The summed E-state index contributed by atoms with van der Waals surface area (Å²) < 4.78 is 33.9. The largest absolute Gasteiger partial charge is 0.390 e. The van der Waals surface area contributed by atoms with Gasteiger partial charge in [0.05, 0.1) is 24.8 Å². The van der Waals surface area contributed by atoms with Crippen LogP contribution in [-0.2, 0) is 21.4 Å². The summed E-state index contributed by atoms with van der Waals surface area (Å²) >= 11 is 0. The van der Waals surface area contributed by atoms with E-state index in [1.54, 1.807) is 0 Å². The lowest BCUT2D eigenvalue weighted by atomic mass is 9.70. The number of Topliss-reactive ketones (excluding diaryl/α,β-unsaturated/α-hetero) is 1. The maximum atomic E-state index is 12.8. The summed E-state index contributed by atoms with van der Waals surface area (Å²) in [6.07, 6.45) is 3.27. The highest BCUT2D eigenvalue weighted by atomic mass is 32.2. The predicted molar refractivity (Wildman–Crippen MR) is 78.1 cm³/mol. The first-order valence-electron chi connectivity index (χ1n) is 7.74. The van der Waals surface area contributed by atoms with Gasteiger partial charge in [-0.25, -0.2) is 12.4 Å². The second-order valence-electron chi connectivity index (χ2n) is 6.78. The Balaban J connectivity index is 2.02. The predicted octanol–water partition coefficient (Wildman–Crippen LogP) is 1.55. The molecule has 116 valence electrons. The minimum absolute atomic E-state index is 0.00852. The quantitative estimate of drug-likeness (QED) is 0.915. The molecule has 2 aliphatic carbocycles. The van der Waals surface area contributed by atoms with Crippen molar-refractivity contribution in [3.05, 3.63) is 24.0 Å². The van der Waals surface area contributed by atoms with Gasteiger partial charge in [0, 0.05) is 12.6 Å². The molecule has 0 amide bonds. The second kappa shape index (κ2) is 4.43. The summed E-state index contributed by atoms with van der Waals surface area (Å²) in [7, 11) is -3.81. The molecule has 1 aromatic rings. The van der Waals surface area contributed by atoms with Crippen molar-refractivity contribution in [1.29, 1.82) is 0 Å². The van der Waals surface area contributed by atoms with E-state index >= 15 is 0 Å². The summed E-state index contributed by atoms with van der Waals surface area (Å²) in [5.74, 6) is 0.0371. The Morgan fingerprint density at radius 3 is 2.76 bits per heavy atom. The molecule has 1 heterocycles. The minimum Gasteiger partial charge on any atom is -0.390 e. The zero-order chi connectivity index (χ0) is 16.3. The fraction of sp³-hybridized carbons (Fsp3) is 0.667. The van der Waals surface area contributed by atoms with Crippen molar-refractivity contribution < 1.29 is 19.7 Å². The Hall–Kier alpha value is -1.14. The number of aliphatic hydroxyl groups is 1. The Kier molecular flexibility index (Phi) is 2.85. The van der Waals surface area contributed by atoms with Gasteiger partial charge in [0.25, 0.3) is 0 Å². The number of hydrogen-bond acceptors (Lipinski definition) is 4. The monoisotopic (exact) mass is 312 g/mol. The van der Waals surface area contributed by atoms with Crippen LogP contribution in [0.4, 0.5) is 0 Å². The smallest absolute Gasteiger partial charge is 0.239 e. The zero-order valence-corrected chi connectivity index (χ0v) is 13.1. The Morgan fingerprint density at radius 1 is 1.52 bits per heavy atom. The highest BCUT2D eigenvalue weighted by molar-refractivity contribution is 7.90. The maximum Gasteiger partial charge on any atom is 0.239 e. The topological polar surface area (TPSA) is 76.4 Å². The molecule has 0 aliphatic heterocycles. The van der Waals surface area contributed by atoms with Crippen molar-refractivity contribution in [3.8, 4) is 0 Å². The molecular formula is C15H21NO4S. The molecule has 5 nitrogen and oxygen atoms in total. The van der Waals surface area contributed by atoms with Gasteiger partial charge < -0.3 is 5.11 Å². The molecule has 2 saturated carbocycles. The van der Waals surface area contributed by atoms with Gasteiger partial charge in [-0.1, -0.05) is 13.8 Å². The fourth-order valence-electron chi connectivity index (χ4n) is 4.22. The number of carbonyl (C=O) groups is 1. The lowest BCUT2D eigenvalue weighted by Crippen LogP contribution is -2.43. The Bertz CT molecular complexity index is 722. The number of aliphatic hydroxyl groups excluding tert-OH is 1. The van der Waals surface area contributed by atoms with Crippen molar-refractivity contribution in [3.63, 3.8) is 0 Å². The van der Waals surface area contributed by atoms with Gasteiger partial charge in [-0.05, 0) is 36.3 Å². The van der Waals surface area contributed by atoms with E-state index in [0.717, 1.165) is 10.4 Å². The van der Waals surface area contributed by atoms with E-state index in [4.69, 9.17) is 1.37 Å². The van der Waals surface area contributed by atoms with Crippen LogP contribution in [0.25, 0.3) is 0 Å². The van der Waals surface area contributed by atoms with E-state index < -0.39 is 22.0 Å². The first-order chi connectivity index (χ1) is 10.1. The molecule has 0 spiro atoms. The standard InChI is InChI=1S/C15H21NO4S/c1-14(2)11-5-6-15(14,13(18)8-11)10-21(19,20)16-7-3-4-12(16)9-17/h3-4,7,11,17H,5-6,8-10H2,1-2H3/t11-,15-/m1/s1/i9D/t9-,11+,15+/m0. The van der Waals surface area contributed by atoms with Crippen LogP contribution < -0.4 is 0 Å². The van der Waals surface area contributed by atoms with Crippen molar-refractivity contribution >= 4 is 15.8 Å². The Labute approximate surface area is 126 Å². The van der Waals surface area contributed by atoms with Gasteiger partial charge in [-0.3, -0.25) is 4.79 Å². The molecule has 21 heavy (non-hydrogen) atoms. The van der Waals surface area contributed by atoms with Crippen molar-refractivity contribution in [2.45, 2.75) is 39.7 Å². The molecular weight excluding hydrogens is 290 g/mol. The molecule has 0 radical (unpaired) electrons. The number of fused-ring (bicyclic) bond motifs is 2. The van der Waals surface area contributed by atoms with Crippen LogP contribution in [0.5, 0.6) is 0 Å². The normalized spacial score (nSPS) is 33.2. The molecule has 3 rings (SSSR count). The summed E-state index contributed by atoms with van der Waals surface area (Å²) in [5.41, 5.74) is -1.16. The summed E-state index contributed by atoms with van der Waals surface area (Å²) in [5, 5.41) is 9.42. The van der Waals surface area contributed by atoms with Crippen LogP contribution in [-0.4, -0.2) is 29.0 Å². The molecule has 2 fully saturated rings. The first kappa shape index (κ1) is 13.5. The van der Waals surface area contributed by atoms with E-state index in [2.05, 4.69) is 0 Å². The number of ketones is 1. The van der Waals surface area contributed by atoms with Crippen molar-refractivity contribution in [2.24, 2.45) is 16.7 Å². The molecule has 2 bridgehead atoms. The van der Waals surface area contributed by atoms with Crippen molar-refractivity contribution in [2.75, 3.05) is 5.75 Å². The molecule has 6 heteroatoms. The molecule has 2 aliphatic rings. The zero-order valence-electron chi connectivity index (χ0n) is 13.2. The lowest BCUT2D eigenvalue weighted by Gasteiger charge is -2.36. The average molecular weight is 312 g/mol. The van der Waals surface area contributed by atoms with Gasteiger partial charge in [-0.2, -0.15) is 0 Å². The van der Waals surface area contributed by atoms with E-state index in [1.807, 2.05) is 13.8 Å². The summed E-state index contributed by atoms with van der Waals surface area (Å²) in [4.78, 5) is 12.5. The van der Waals surface area contributed by atoms with Crippen LogP contribution in [0.2, 0.25) is 0 Å². The first-order valence-corrected chi connectivity index (χ1v) is 8.77. The second-order valence-corrected chi connectivity index (χ2v) is 8.63. The lowest BCUT2D eigenvalue weighted by molar-refractivity contribution is -0.128. The maximum absolute atomic E-state index is 12.8. The Morgan fingerprint density at radius 2 is 2.24 bits per heavy atom. The number of carbonyl (C=O) groups excluding carboxylic acids is 1. The highest BCUT2D eigenvalue weighted by Gasteiger charge is 2.65. The molecule has 1 aromatic heterocycles. The number of nitrogens with zero attached hydrogens (tertiary/aromatic N) is 1. The molecule has 0 aromatic carbocycles. The molecule has 3 atom stereocenters. The van der Waals surface area contributed by atoms with Crippen LogP contribution >= 0.6 is 0 Å². The summed E-state index contributed by atoms with van der Waals surface area (Å²) in [6.45, 7) is 2.35. The van der Waals surface area contributed by atoms with E-state index in [9.17, 15) is 18.3 Å². The molecule has 1 N–H and O–H groups in total. The summed E-state index contributed by atoms with van der Waals surface area (Å²) in [6, 6.07) is 2.90. The van der Waals surface area contributed by atoms with Crippen LogP contribution in [0.3, 0.4) is 0 Å². The average Bonchev–Trinajstić information content (AvgIpc) is 3.02. The SMILES string of the molecule is [2H][C@H](O)c1cccn1S(=O)(=O)C[C@]12CC[C@H](CC1=O)C2(C)C. The van der Waals surface area contributed by atoms with Crippen LogP contribution in [0.1, 0.15) is 40.2 Å². The van der Waals surface area contributed by atoms with E-state index in [-0.39, 0.29) is 28.6 Å². The number of rotatable bonds is 4. The van der Waals surface area contributed by atoms with E-state index in [0.29, 0.717) is 12.8 Å². The van der Waals surface area contributed by atoms with Gasteiger partial charge in [0.2, 0.25) is 10.0 Å². The van der Waals surface area contributed by atoms with Gasteiger partial charge in [0.15, 0.2) is 0 Å². The number of hydrogen-bond donors (Lipinski definition) is 1. The number of aromatic nitrogens is 1. The molecule has 0 unspecified atom stereocenters. The van der Waals surface area contributed by atoms with Crippen molar-refractivity contribution in [1.82, 2.24) is 3.97 Å².